The Hall–Kier alpha value is -2.97. The molecule has 0 aliphatic carbocycles. The minimum atomic E-state index is -0.206. The van der Waals surface area contributed by atoms with Crippen molar-refractivity contribution in [3.05, 3.63) is 76.8 Å². The molecule has 1 aromatic heterocycles. The Morgan fingerprint density at radius 2 is 1.96 bits per heavy atom. The summed E-state index contributed by atoms with van der Waals surface area (Å²) < 4.78 is 0. The maximum Gasteiger partial charge on any atom is 0.264 e. The quantitative estimate of drug-likeness (QED) is 0.723. The van der Waals surface area contributed by atoms with Crippen LogP contribution in [0.4, 0.5) is 10.8 Å². The van der Waals surface area contributed by atoms with E-state index < -0.39 is 0 Å². The van der Waals surface area contributed by atoms with Gasteiger partial charge >= 0.3 is 0 Å². The molecule has 0 bridgehead atoms. The van der Waals surface area contributed by atoms with Crippen molar-refractivity contribution in [2.24, 2.45) is 0 Å². The highest BCUT2D eigenvalue weighted by atomic mass is 32.1. The molecule has 0 aliphatic rings. The molecule has 0 saturated heterocycles. The predicted molar refractivity (Wildman–Crippen MR) is 90.9 cm³/mol. The van der Waals surface area contributed by atoms with E-state index in [1.807, 2.05) is 42.6 Å². The summed E-state index contributed by atoms with van der Waals surface area (Å²) >= 11 is 1.41. The van der Waals surface area contributed by atoms with Crippen molar-refractivity contribution in [2.75, 3.05) is 4.90 Å². The summed E-state index contributed by atoms with van der Waals surface area (Å²) in [5, 5.41) is 11.6. The van der Waals surface area contributed by atoms with Crippen LogP contribution in [0.15, 0.2) is 60.0 Å². The second-order valence-corrected chi connectivity index (χ2v) is 5.78. The van der Waals surface area contributed by atoms with Gasteiger partial charge < -0.3 is 0 Å². The summed E-state index contributed by atoms with van der Waals surface area (Å²) in [6, 6.07) is 18.1. The van der Waals surface area contributed by atoms with Gasteiger partial charge in [0.2, 0.25) is 0 Å². The van der Waals surface area contributed by atoms with Crippen LogP contribution >= 0.6 is 11.3 Å². The first-order chi connectivity index (χ1) is 11.2. The highest BCUT2D eigenvalue weighted by Gasteiger charge is 2.22. The van der Waals surface area contributed by atoms with Gasteiger partial charge in [0.25, 0.3) is 5.91 Å². The van der Waals surface area contributed by atoms with E-state index in [9.17, 15) is 4.79 Å². The summed E-state index contributed by atoms with van der Waals surface area (Å²) in [6.45, 7) is 1.89. The summed E-state index contributed by atoms with van der Waals surface area (Å²) in [5.74, 6) is -0.206. The van der Waals surface area contributed by atoms with Crippen molar-refractivity contribution in [1.29, 1.82) is 5.26 Å². The average Bonchev–Trinajstić information content (AvgIpc) is 3.02. The number of nitrogens with zero attached hydrogens (tertiary/aromatic N) is 3. The van der Waals surface area contributed by atoms with Crippen molar-refractivity contribution in [3.8, 4) is 6.07 Å². The smallest absolute Gasteiger partial charge is 0.264 e. The number of carbonyl (C=O) groups excluding carboxylic acids is 1. The lowest BCUT2D eigenvalue weighted by molar-refractivity contribution is 0.0999. The monoisotopic (exact) mass is 319 g/mol. The summed E-state index contributed by atoms with van der Waals surface area (Å²) in [4.78, 5) is 19.0. The Morgan fingerprint density at radius 1 is 1.17 bits per heavy atom. The first-order valence-corrected chi connectivity index (χ1v) is 7.89. The van der Waals surface area contributed by atoms with Crippen LogP contribution in [0.3, 0.4) is 0 Å². The molecule has 0 saturated carbocycles. The number of carbonyl (C=O) groups is 1. The van der Waals surface area contributed by atoms with E-state index in [0.29, 0.717) is 16.3 Å². The fourth-order valence-electron chi connectivity index (χ4n) is 2.19. The van der Waals surface area contributed by atoms with Crippen molar-refractivity contribution >= 4 is 28.1 Å². The largest absolute Gasteiger partial charge is 0.268 e. The number of nitriles is 1. The van der Waals surface area contributed by atoms with Crippen molar-refractivity contribution < 1.29 is 4.79 Å². The van der Waals surface area contributed by atoms with E-state index in [-0.39, 0.29) is 5.91 Å². The van der Waals surface area contributed by atoms with Gasteiger partial charge in [-0.3, -0.25) is 9.69 Å². The Kier molecular flexibility index (Phi) is 4.18. The van der Waals surface area contributed by atoms with Gasteiger partial charge in [-0.25, -0.2) is 4.98 Å². The second kappa shape index (κ2) is 6.42. The molecule has 1 amide bonds. The van der Waals surface area contributed by atoms with Crippen LogP contribution in [0.2, 0.25) is 0 Å². The molecule has 23 heavy (non-hydrogen) atoms. The van der Waals surface area contributed by atoms with Crippen LogP contribution in [-0.2, 0) is 0 Å². The van der Waals surface area contributed by atoms with Gasteiger partial charge in [-0.1, -0.05) is 24.3 Å². The third kappa shape index (κ3) is 3.12. The van der Waals surface area contributed by atoms with Crippen LogP contribution in [0, 0.1) is 18.3 Å². The molecular formula is C18H13N3OS. The molecule has 0 N–H and O–H groups in total. The van der Waals surface area contributed by atoms with Crippen molar-refractivity contribution in [2.45, 2.75) is 6.92 Å². The van der Waals surface area contributed by atoms with Gasteiger partial charge in [0.15, 0.2) is 5.13 Å². The molecule has 0 unspecified atom stereocenters. The third-order valence-corrected chi connectivity index (χ3v) is 4.20. The van der Waals surface area contributed by atoms with Gasteiger partial charge in [0.1, 0.15) is 0 Å². The summed E-state index contributed by atoms with van der Waals surface area (Å²) in [5.41, 5.74) is 2.53. The van der Waals surface area contributed by atoms with Crippen LogP contribution in [0.25, 0.3) is 0 Å². The number of hydrogen-bond donors (Lipinski definition) is 0. The lowest BCUT2D eigenvalue weighted by atomic mass is 10.1. The van der Waals surface area contributed by atoms with Gasteiger partial charge in [-0.05, 0) is 37.3 Å². The summed E-state index contributed by atoms with van der Waals surface area (Å²) in [6.07, 6.45) is 0. The minimum absolute atomic E-state index is 0.206. The van der Waals surface area contributed by atoms with Gasteiger partial charge in [-0.2, -0.15) is 5.26 Å². The Balaban J connectivity index is 2.08. The highest BCUT2D eigenvalue weighted by molar-refractivity contribution is 7.14. The normalized spacial score (nSPS) is 10.1. The summed E-state index contributed by atoms with van der Waals surface area (Å²) in [7, 11) is 0. The maximum atomic E-state index is 13.0. The second-order valence-electron chi connectivity index (χ2n) is 4.94. The van der Waals surface area contributed by atoms with Gasteiger partial charge in [-0.15, -0.1) is 11.3 Å². The number of aryl methyl sites for hydroxylation is 1. The molecule has 0 radical (unpaired) electrons. The van der Waals surface area contributed by atoms with Gasteiger partial charge in [0.05, 0.1) is 23.0 Å². The fourth-order valence-corrected chi connectivity index (χ4v) is 3.01. The topological polar surface area (TPSA) is 57.0 Å². The molecule has 1 heterocycles. The first kappa shape index (κ1) is 14.9. The molecule has 4 nitrogen and oxygen atoms in total. The number of anilines is 2. The molecule has 2 aromatic carbocycles. The Bertz CT molecular complexity index is 881. The molecule has 112 valence electrons. The van der Waals surface area contributed by atoms with E-state index in [1.54, 1.807) is 29.2 Å². The molecule has 0 fully saturated rings. The molecule has 3 rings (SSSR count). The molecule has 5 heteroatoms. The zero-order valence-corrected chi connectivity index (χ0v) is 13.2. The fraction of sp³-hybridized carbons (Fsp3) is 0.0556. The van der Waals surface area contributed by atoms with E-state index in [0.717, 1.165) is 11.4 Å². The standard InChI is InChI=1S/C18H13N3OS/c1-13-12-23-18(20-13)21(16-8-3-2-4-9-16)17(22)15-7-5-6-14(10-15)11-19/h2-10,12H,1H3. The highest BCUT2D eigenvalue weighted by Crippen LogP contribution is 2.30. The van der Waals surface area contributed by atoms with E-state index in [1.165, 1.54) is 11.3 Å². The predicted octanol–water partition coefficient (Wildman–Crippen LogP) is 4.30. The molecule has 0 aliphatic heterocycles. The molecular weight excluding hydrogens is 306 g/mol. The molecule has 0 atom stereocenters. The minimum Gasteiger partial charge on any atom is -0.268 e. The van der Waals surface area contributed by atoms with E-state index in [4.69, 9.17) is 5.26 Å². The average molecular weight is 319 g/mol. The number of amides is 1. The lowest BCUT2D eigenvalue weighted by Gasteiger charge is -2.20. The maximum absolute atomic E-state index is 13.0. The number of rotatable bonds is 3. The van der Waals surface area contributed by atoms with Crippen LogP contribution in [0.5, 0.6) is 0 Å². The Morgan fingerprint density at radius 3 is 2.61 bits per heavy atom. The van der Waals surface area contributed by atoms with Gasteiger partial charge in [0, 0.05) is 10.9 Å². The lowest BCUT2D eigenvalue weighted by Crippen LogP contribution is -2.25. The van der Waals surface area contributed by atoms with E-state index >= 15 is 0 Å². The van der Waals surface area contributed by atoms with Crippen molar-refractivity contribution in [3.63, 3.8) is 0 Å². The number of aromatic nitrogens is 1. The van der Waals surface area contributed by atoms with Crippen molar-refractivity contribution in [1.82, 2.24) is 4.98 Å². The molecule has 0 spiro atoms. The third-order valence-electron chi connectivity index (χ3n) is 3.25. The zero-order valence-electron chi connectivity index (χ0n) is 12.4. The van der Waals surface area contributed by atoms with Crippen LogP contribution < -0.4 is 4.90 Å². The number of benzene rings is 2. The number of para-hydroxylation sites is 1. The zero-order chi connectivity index (χ0) is 16.2. The SMILES string of the molecule is Cc1csc(N(C(=O)c2cccc(C#N)c2)c2ccccc2)n1. The Labute approximate surface area is 138 Å². The van der Waals surface area contributed by atoms with Crippen LogP contribution in [0.1, 0.15) is 21.6 Å². The van der Waals surface area contributed by atoms with E-state index in [2.05, 4.69) is 11.1 Å². The first-order valence-electron chi connectivity index (χ1n) is 7.01. The molecule has 3 aromatic rings. The number of hydrogen-bond acceptors (Lipinski definition) is 4. The number of thiazole rings is 1. The van der Waals surface area contributed by atoms with Crippen LogP contribution in [-0.4, -0.2) is 10.9 Å².